The molecule has 2 aliphatic carbocycles. The molecule has 1 aromatic carbocycles. The van der Waals surface area contributed by atoms with Gasteiger partial charge < -0.3 is 10.0 Å². The molecule has 3 heteroatoms. The standard InChI is InChI=1S/C18H23NO2/c20-17-15-7-8-16(17)11-19(10-15)18(21)14-6-5-12-3-1-2-4-13(12)9-14/h5-6,9,15-17,20H,1-4,7-8,10-11H2. The van der Waals surface area contributed by atoms with Gasteiger partial charge in [0, 0.05) is 30.5 Å². The van der Waals surface area contributed by atoms with Gasteiger partial charge in [0.2, 0.25) is 0 Å². The number of benzene rings is 1. The van der Waals surface area contributed by atoms with Crippen molar-refractivity contribution < 1.29 is 9.90 Å². The summed E-state index contributed by atoms with van der Waals surface area (Å²) in [6, 6.07) is 6.26. The van der Waals surface area contributed by atoms with E-state index < -0.39 is 0 Å². The minimum absolute atomic E-state index is 0.159. The quantitative estimate of drug-likeness (QED) is 0.861. The van der Waals surface area contributed by atoms with Crippen molar-refractivity contribution in [2.75, 3.05) is 13.1 Å². The molecule has 1 saturated carbocycles. The molecule has 0 spiro atoms. The van der Waals surface area contributed by atoms with E-state index in [1.807, 2.05) is 11.0 Å². The third-order valence-electron chi connectivity index (χ3n) is 5.67. The molecule has 2 fully saturated rings. The van der Waals surface area contributed by atoms with Crippen molar-refractivity contribution in [2.45, 2.75) is 44.6 Å². The van der Waals surface area contributed by atoms with Gasteiger partial charge in [-0.05, 0) is 61.8 Å². The minimum atomic E-state index is -0.183. The van der Waals surface area contributed by atoms with E-state index in [0.29, 0.717) is 11.8 Å². The van der Waals surface area contributed by atoms with Crippen LogP contribution >= 0.6 is 0 Å². The van der Waals surface area contributed by atoms with E-state index >= 15 is 0 Å². The molecule has 0 radical (unpaired) electrons. The van der Waals surface area contributed by atoms with Crippen molar-refractivity contribution in [3.05, 3.63) is 34.9 Å². The molecule has 2 atom stereocenters. The molecular weight excluding hydrogens is 262 g/mol. The Kier molecular flexibility index (Phi) is 3.26. The Hall–Kier alpha value is -1.35. The zero-order chi connectivity index (χ0) is 14.4. The summed E-state index contributed by atoms with van der Waals surface area (Å²) in [4.78, 5) is 14.7. The summed E-state index contributed by atoms with van der Waals surface area (Å²) >= 11 is 0. The van der Waals surface area contributed by atoms with Crippen molar-refractivity contribution in [2.24, 2.45) is 11.8 Å². The third-order valence-corrected chi connectivity index (χ3v) is 5.67. The Morgan fingerprint density at radius 2 is 1.71 bits per heavy atom. The van der Waals surface area contributed by atoms with Crippen molar-refractivity contribution in [3.8, 4) is 0 Å². The van der Waals surface area contributed by atoms with Gasteiger partial charge in [0.25, 0.3) is 5.91 Å². The fourth-order valence-corrected chi connectivity index (χ4v) is 4.41. The number of nitrogens with zero attached hydrogens (tertiary/aromatic N) is 1. The van der Waals surface area contributed by atoms with Crippen LogP contribution in [-0.4, -0.2) is 35.1 Å². The number of likely N-dealkylation sites (tertiary alicyclic amines) is 1. The van der Waals surface area contributed by atoms with Crippen LogP contribution in [0, 0.1) is 11.8 Å². The molecule has 0 aromatic heterocycles. The fourth-order valence-electron chi connectivity index (χ4n) is 4.41. The van der Waals surface area contributed by atoms with Gasteiger partial charge in [-0.3, -0.25) is 4.79 Å². The Bertz CT molecular complexity index is 554. The SMILES string of the molecule is O=C(c1ccc2c(c1)CCCC2)N1CC2CCC(C1)C2O. The Morgan fingerprint density at radius 1 is 1.05 bits per heavy atom. The molecule has 3 nitrogen and oxygen atoms in total. The van der Waals surface area contributed by atoms with Crippen molar-refractivity contribution in [3.63, 3.8) is 0 Å². The second kappa shape index (κ2) is 5.13. The highest BCUT2D eigenvalue weighted by molar-refractivity contribution is 5.94. The monoisotopic (exact) mass is 285 g/mol. The molecule has 21 heavy (non-hydrogen) atoms. The highest BCUT2D eigenvalue weighted by Gasteiger charge is 2.42. The maximum Gasteiger partial charge on any atom is 0.253 e. The highest BCUT2D eigenvalue weighted by atomic mass is 16.3. The van der Waals surface area contributed by atoms with Crippen LogP contribution in [0.15, 0.2) is 18.2 Å². The largest absolute Gasteiger partial charge is 0.392 e. The molecule has 2 unspecified atom stereocenters. The van der Waals surface area contributed by atoms with Crippen LogP contribution in [0.3, 0.4) is 0 Å². The Balaban J connectivity index is 1.55. The first-order valence-corrected chi connectivity index (χ1v) is 8.31. The lowest BCUT2D eigenvalue weighted by atomic mass is 9.89. The maximum atomic E-state index is 12.8. The van der Waals surface area contributed by atoms with Crippen LogP contribution in [0.25, 0.3) is 0 Å². The number of aliphatic hydroxyl groups excluding tert-OH is 1. The minimum Gasteiger partial charge on any atom is -0.392 e. The molecule has 1 N–H and O–H groups in total. The zero-order valence-corrected chi connectivity index (χ0v) is 12.4. The van der Waals surface area contributed by atoms with Crippen molar-refractivity contribution in [1.82, 2.24) is 4.90 Å². The van der Waals surface area contributed by atoms with Crippen LogP contribution < -0.4 is 0 Å². The third kappa shape index (κ3) is 2.28. The first-order valence-electron chi connectivity index (χ1n) is 8.31. The predicted octanol–water partition coefficient (Wildman–Crippen LogP) is 2.41. The van der Waals surface area contributed by atoms with E-state index in [-0.39, 0.29) is 12.0 Å². The number of amides is 1. The van der Waals surface area contributed by atoms with Crippen LogP contribution in [0.5, 0.6) is 0 Å². The Morgan fingerprint density at radius 3 is 2.43 bits per heavy atom. The normalized spacial score (nSPS) is 31.1. The summed E-state index contributed by atoms with van der Waals surface area (Å²) in [5, 5.41) is 10.1. The molecule has 2 bridgehead atoms. The van der Waals surface area contributed by atoms with Gasteiger partial charge in [-0.25, -0.2) is 0 Å². The second-order valence-electron chi connectivity index (χ2n) is 6.99. The smallest absolute Gasteiger partial charge is 0.253 e. The average Bonchev–Trinajstić information content (AvgIpc) is 2.75. The van der Waals surface area contributed by atoms with E-state index in [1.165, 1.54) is 24.0 Å². The van der Waals surface area contributed by atoms with Gasteiger partial charge in [0.15, 0.2) is 0 Å². The predicted molar refractivity (Wildman–Crippen MR) is 81.2 cm³/mol. The molecule has 1 aromatic rings. The summed E-state index contributed by atoms with van der Waals surface area (Å²) in [6.07, 6.45) is 6.74. The van der Waals surface area contributed by atoms with Crippen LogP contribution in [0.1, 0.15) is 47.2 Å². The summed E-state index contributed by atoms with van der Waals surface area (Å²) in [5.41, 5.74) is 3.63. The maximum absolute atomic E-state index is 12.8. The van der Waals surface area contributed by atoms with Crippen molar-refractivity contribution >= 4 is 5.91 Å². The highest BCUT2D eigenvalue weighted by Crippen LogP contribution is 2.37. The number of carbonyl (C=O) groups is 1. The van der Waals surface area contributed by atoms with Gasteiger partial charge in [0.05, 0.1) is 6.10 Å². The van der Waals surface area contributed by atoms with Crippen molar-refractivity contribution in [1.29, 1.82) is 0 Å². The molecule has 112 valence electrons. The van der Waals surface area contributed by atoms with E-state index in [2.05, 4.69) is 12.1 Å². The number of fused-ring (bicyclic) bond motifs is 3. The molecule has 1 saturated heterocycles. The first-order chi connectivity index (χ1) is 10.2. The van der Waals surface area contributed by atoms with Crippen LogP contribution in [0.2, 0.25) is 0 Å². The number of hydrogen-bond donors (Lipinski definition) is 1. The average molecular weight is 285 g/mol. The van der Waals surface area contributed by atoms with Gasteiger partial charge in [-0.15, -0.1) is 0 Å². The number of aryl methyl sites for hydroxylation is 2. The lowest BCUT2D eigenvalue weighted by molar-refractivity contribution is 0.0166. The van der Waals surface area contributed by atoms with Crippen LogP contribution in [-0.2, 0) is 12.8 Å². The molecule has 3 aliphatic rings. The molecule has 1 amide bonds. The molecule has 1 aliphatic heterocycles. The number of carbonyl (C=O) groups excluding carboxylic acids is 1. The number of aliphatic hydroxyl groups is 1. The number of piperidine rings is 1. The van der Waals surface area contributed by atoms with E-state index in [4.69, 9.17) is 0 Å². The van der Waals surface area contributed by atoms with Gasteiger partial charge in [-0.2, -0.15) is 0 Å². The van der Waals surface area contributed by atoms with Crippen LogP contribution in [0.4, 0.5) is 0 Å². The summed E-state index contributed by atoms with van der Waals surface area (Å²) < 4.78 is 0. The van der Waals surface area contributed by atoms with E-state index in [1.54, 1.807) is 0 Å². The van der Waals surface area contributed by atoms with Gasteiger partial charge in [0.1, 0.15) is 0 Å². The fraction of sp³-hybridized carbons (Fsp3) is 0.611. The molecule has 1 heterocycles. The van der Waals surface area contributed by atoms with Gasteiger partial charge in [-0.1, -0.05) is 6.07 Å². The lowest BCUT2D eigenvalue weighted by Crippen LogP contribution is -2.47. The van der Waals surface area contributed by atoms with Gasteiger partial charge >= 0.3 is 0 Å². The molecular formula is C18H23NO2. The second-order valence-corrected chi connectivity index (χ2v) is 6.99. The summed E-state index contributed by atoms with van der Waals surface area (Å²) in [5.74, 6) is 0.753. The van der Waals surface area contributed by atoms with E-state index in [9.17, 15) is 9.90 Å². The topological polar surface area (TPSA) is 40.5 Å². The first kappa shape index (κ1) is 13.3. The summed E-state index contributed by atoms with van der Waals surface area (Å²) in [6.45, 7) is 1.46. The Labute approximate surface area is 126 Å². The summed E-state index contributed by atoms with van der Waals surface area (Å²) in [7, 11) is 0. The van der Waals surface area contributed by atoms with E-state index in [0.717, 1.165) is 44.3 Å². The lowest BCUT2D eigenvalue weighted by Gasteiger charge is -2.35. The zero-order valence-electron chi connectivity index (χ0n) is 12.4. The molecule has 4 rings (SSSR count). The number of hydrogen-bond acceptors (Lipinski definition) is 2. The number of rotatable bonds is 1.